The normalized spacial score (nSPS) is 17.9. The van der Waals surface area contributed by atoms with Crippen molar-refractivity contribution in [3.05, 3.63) is 71.8 Å². The number of nitrogens with zero attached hydrogens (tertiary/aromatic N) is 1. The Balaban J connectivity index is 1.65. The number of nitrogens with one attached hydrogen (secondary N) is 1. The van der Waals surface area contributed by atoms with Crippen molar-refractivity contribution in [3.63, 3.8) is 0 Å². The van der Waals surface area contributed by atoms with Crippen molar-refractivity contribution in [3.8, 4) is 0 Å². The highest BCUT2D eigenvalue weighted by Gasteiger charge is 2.42. The number of hydrogen-bond donors (Lipinski definition) is 1. The minimum Gasteiger partial charge on any atom is -0.447 e. The number of benzene rings is 2. The fraction of sp³-hybridized carbons (Fsp3) is 0.440. The summed E-state index contributed by atoms with van der Waals surface area (Å²) in [7, 11) is 0. The summed E-state index contributed by atoms with van der Waals surface area (Å²) in [6, 6.07) is 19.2. The molecule has 1 aliphatic rings. The fourth-order valence-electron chi connectivity index (χ4n) is 3.87. The van der Waals surface area contributed by atoms with E-state index in [9.17, 15) is 9.59 Å². The molecule has 6 heteroatoms. The predicted octanol–water partition coefficient (Wildman–Crippen LogP) is 4.49. The number of hydroxylamine groups is 1. The third-order valence-corrected chi connectivity index (χ3v) is 5.65. The molecule has 0 saturated carbocycles. The molecule has 3 rings (SSSR count). The molecule has 166 valence electrons. The van der Waals surface area contributed by atoms with Gasteiger partial charge in [-0.05, 0) is 30.9 Å². The summed E-state index contributed by atoms with van der Waals surface area (Å²) in [5.41, 5.74) is 5.15. The van der Waals surface area contributed by atoms with E-state index in [0.717, 1.165) is 24.0 Å². The van der Waals surface area contributed by atoms with Crippen molar-refractivity contribution < 1.29 is 19.2 Å². The Morgan fingerprint density at radius 2 is 1.77 bits per heavy atom. The van der Waals surface area contributed by atoms with Gasteiger partial charge in [-0.2, -0.15) is 5.48 Å². The molecule has 1 heterocycles. The van der Waals surface area contributed by atoms with Crippen molar-refractivity contribution in [1.82, 2.24) is 10.4 Å². The lowest BCUT2D eigenvalue weighted by Crippen LogP contribution is -2.49. The van der Waals surface area contributed by atoms with Gasteiger partial charge in [-0.3, -0.25) is 9.63 Å². The van der Waals surface area contributed by atoms with Crippen LogP contribution in [0.3, 0.4) is 0 Å². The van der Waals surface area contributed by atoms with E-state index in [1.54, 1.807) is 0 Å². The van der Waals surface area contributed by atoms with E-state index >= 15 is 0 Å². The molecule has 0 aliphatic carbocycles. The number of ether oxygens (including phenoxy) is 1. The average molecular weight is 425 g/mol. The van der Waals surface area contributed by atoms with E-state index in [4.69, 9.17) is 9.57 Å². The van der Waals surface area contributed by atoms with Crippen LogP contribution in [-0.2, 0) is 27.4 Å². The molecule has 2 aromatic rings. The first-order valence-electron chi connectivity index (χ1n) is 11.0. The molecular formula is C25H32N2O4. The van der Waals surface area contributed by atoms with Crippen LogP contribution in [0.15, 0.2) is 60.7 Å². The Bertz CT molecular complexity index is 828. The first-order chi connectivity index (χ1) is 15.1. The van der Waals surface area contributed by atoms with Crippen LogP contribution >= 0.6 is 0 Å². The number of rotatable bonds is 11. The van der Waals surface area contributed by atoms with Gasteiger partial charge in [0, 0.05) is 6.04 Å². The van der Waals surface area contributed by atoms with Gasteiger partial charge in [0.2, 0.25) is 5.91 Å². The number of carbonyl (C=O) groups is 2. The van der Waals surface area contributed by atoms with Gasteiger partial charge in [0.15, 0.2) is 0 Å². The Morgan fingerprint density at radius 1 is 1.13 bits per heavy atom. The molecule has 0 radical (unpaired) electrons. The monoisotopic (exact) mass is 424 g/mol. The van der Waals surface area contributed by atoms with Crippen LogP contribution in [0.5, 0.6) is 0 Å². The van der Waals surface area contributed by atoms with E-state index in [1.165, 1.54) is 4.90 Å². The Kier molecular flexibility index (Phi) is 8.62. The van der Waals surface area contributed by atoms with Crippen molar-refractivity contribution >= 4 is 12.0 Å². The van der Waals surface area contributed by atoms with E-state index in [-0.39, 0.29) is 30.5 Å². The van der Waals surface area contributed by atoms with E-state index in [0.29, 0.717) is 19.4 Å². The Labute approximate surface area is 184 Å². The summed E-state index contributed by atoms with van der Waals surface area (Å²) in [6.07, 6.45) is 2.59. The van der Waals surface area contributed by atoms with Gasteiger partial charge in [-0.1, -0.05) is 80.4 Å². The molecule has 2 aromatic carbocycles. The maximum Gasteiger partial charge on any atom is 0.416 e. The maximum atomic E-state index is 13.5. The van der Waals surface area contributed by atoms with Gasteiger partial charge in [0.25, 0.3) is 0 Å². The molecule has 2 amide bonds. The SMILES string of the molecule is CCCCC(C(=O)N1C(=O)OCC1Cc1ccccc1)C(C)NOCc1ccccc1. The average Bonchev–Trinajstić information content (AvgIpc) is 3.15. The highest BCUT2D eigenvalue weighted by Crippen LogP contribution is 2.24. The zero-order valence-electron chi connectivity index (χ0n) is 18.3. The van der Waals surface area contributed by atoms with Gasteiger partial charge < -0.3 is 4.74 Å². The summed E-state index contributed by atoms with van der Waals surface area (Å²) in [5.74, 6) is -0.570. The Morgan fingerprint density at radius 3 is 2.42 bits per heavy atom. The minimum atomic E-state index is -0.551. The topological polar surface area (TPSA) is 67.9 Å². The second-order valence-electron chi connectivity index (χ2n) is 8.06. The minimum absolute atomic E-state index is 0.194. The van der Waals surface area contributed by atoms with Crippen molar-refractivity contribution in [2.24, 2.45) is 5.92 Å². The third kappa shape index (κ3) is 6.39. The van der Waals surface area contributed by atoms with Crippen molar-refractivity contribution in [2.75, 3.05) is 6.61 Å². The summed E-state index contributed by atoms with van der Waals surface area (Å²) in [4.78, 5) is 32.9. The van der Waals surface area contributed by atoms with Crippen molar-refractivity contribution in [2.45, 2.75) is 58.2 Å². The number of unbranched alkanes of at least 4 members (excludes halogenated alkanes) is 1. The van der Waals surface area contributed by atoms with Crippen LogP contribution in [-0.4, -0.2) is 35.6 Å². The third-order valence-electron chi connectivity index (χ3n) is 5.65. The Hall–Kier alpha value is -2.70. The fourth-order valence-corrected chi connectivity index (χ4v) is 3.87. The first-order valence-corrected chi connectivity index (χ1v) is 11.0. The smallest absolute Gasteiger partial charge is 0.416 e. The zero-order chi connectivity index (χ0) is 22.1. The van der Waals surface area contributed by atoms with Crippen LogP contribution < -0.4 is 5.48 Å². The van der Waals surface area contributed by atoms with Gasteiger partial charge in [0.05, 0.1) is 18.6 Å². The molecule has 3 unspecified atom stereocenters. The van der Waals surface area contributed by atoms with E-state index < -0.39 is 6.09 Å². The predicted molar refractivity (Wildman–Crippen MR) is 119 cm³/mol. The second-order valence-corrected chi connectivity index (χ2v) is 8.06. The molecule has 0 spiro atoms. The number of cyclic esters (lactones) is 1. The van der Waals surface area contributed by atoms with Crippen molar-refractivity contribution in [1.29, 1.82) is 0 Å². The highest BCUT2D eigenvalue weighted by molar-refractivity contribution is 5.95. The lowest BCUT2D eigenvalue weighted by molar-refractivity contribution is -0.136. The molecule has 6 nitrogen and oxygen atoms in total. The number of hydrogen-bond acceptors (Lipinski definition) is 5. The molecule has 1 saturated heterocycles. The molecule has 1 aliphatic heterocycles. The second kappa shape index (κ2) is 11.6. The largest absolute Gasteiger partial charge is 0.447 e. The zero-order valence-corrected chi connectivity index (χ0v) is 18.3. The lowest BCUT2D eigenvalue weighted by atomic mass is 9.93. The molecule has 0 aromatic heterocycles. The van der Waals surface area contributed by atoms with Crippen LogP contribution in [0.1, 0.15) is 44.2 Å². The summed E-state index contributed by atoms with van der Waals surface area (Å²) in [6.45, 7) is 4.65. The summed E-state index contributed by atoms with van der Waals surface area (Å²) in [5, 5.41) is 0. The van der Waals surface area contributed by atoms with Crippen LogP contribution in [0, 0.1) is 5.92 Å². The molecule has 1 N–H and O–H groups in total. The first kappa shape index (κ1) is 23.0. The lowest BCUT2D eigenvalue weighted by Gasteiger charge is -2.29. The van der Waals surface area contributed by atoms with Gasteiger partial charge >= 0.3 is 6.09 Å². The van der Waals surface area contributed by atoms with Crippen LogP contribution in [0.2, 0.25) is 0 Å². The highest BCUT2D eigenvalue weighted by atomic mass is 16.6. The van der Waals surface area contributed by atoms with Gasteiger partial charge in [-0.15, -0.1) is 0 Å². The number of carbonyl (C=O) groups excluding carboxylic acids is 2. The van der Waals surface area contributed by atoms with Crippen LogP contribution in [0.4, 0.5) is 4.79 Å². The summed E-state index contributed by atoms with van der Waals surface area (Å²) >= 11 is 0. The van der Waals surface area contributed by atoms with Crippen LogP contribution in [0.25, 0.3) is 0 Å². The molecule has 3 atom stereocenters. The molecular weight excluding hydrogens is 392 g/mol. The maximum absolute atomic E-state index is 13.5. The molecule has 31 heavy (non-hydrogen) atoms. The quantitative estimate of drug-likeness (QED) is 0.538. The van der Waals surface area contributed by atoms with Gasteiger partial charge in [-0.25, -0.2) is 9.69 Å². The van der Waals surface area contributed by atoms with Gasteiger partial charge in [0.1, 0.15) is 6.61 Å². The molecule has 1 fully saturated rings. The number of amides is 2. The van der Waals surface area contributed by atoms with E-state index in [2.05, 4.69) is 12.4 Å². The summed E-state index contributed by atoms with van der Waals surface area (Å²) < 4.78 is 5.26. The standard InChI is InChI=1S/C25H32N2O4/c1-3-4-15-23(19(2)26-31-17-21-13-9-6-10-14-21)24(28)27-22(18-30-25(27)29)16-20-11-7-5-8-12-20/h5-14,19,22-23,26H,3-4,15-18H2,1-2H3. The number of imide groups is 1. The van der Waals surface area contributed by atoms with E-state index in [1.807, 2.05) is 67.6 Å². The molecule has 0 bridgehead atoms.